The molecule has 2 rings (SSSR count). The normalized spacial score (nSPS) is 10.3. The molecule has 0 atom stereocenters. The van der Waals surface area contributed by atoms with Crippen molar-refractivity contribution in [2.24, 2.45) is 0 Å². The molecule has 0 bridgehead atoms. The molecule has 0 aliphatic heterocycles. The minimum atomic E-state index is -0.145. The summed E-state index contributed by atoms with van der Waals surface area (Å²) in [6.45, 7) is 2.12. The Morgan fingerprint density at radius 1 is 1.44 bits per heavy atom. The van der Waals surface area contributed by atoms with Crippen LogP contribution in [0.5, 0.6) is 0 Å². The highest BCUT2D eigenvalue weighted by atomic mass is 79.9. The average Bonchev–Trinajstić information content (AvgIpc) is 2.61. The summed E-state index contributed by atoms with van der Waals surface area (Å²) in [6, 6.07) is 7.61. The number of nitrogens with one attached hydrogen (secondary N) is 1. The summed E-state index contributed by atoms with van der Waals surface area (Å²) in [5, 5.41) is 6.78. The maximum absolute atomic E-state index is 11.8. The molecule has 3 N–H and O–H groups in total. The molecule has 6 heteroatoms. The number of rotatable bonds is 3. The lowest BCUT2D eigenvalue weighted by Crippen LogP contribution is -2.19. The number of carbonyl (C=O) groups excluding carboxylic acids is 1. The fourth-order valence-corrected chi connectivity index (χ4v) is 1.79. The molecular weight excluding hydrogens is 296 g/mol. The van der Waals surface area contributed by atoms with Crippen molar-refractivity contribution >= 4 is 33.3 Å². The number of nitrogens with two attached hydrogens (primary N) is 1. The standard InChI is InChI=1S/C12H13BrN4O/c1-8-2-4-9(5-3-8)15-11(18)7-17-6-10(13)12(14)16-17/h2-6H,7H2,1H3,(H2,14,16)(H,15,18). The van der Waals surface area contributed by atoms with E-state index in [2.05, 4.69) is 26.3 Å². The van der Waals surface area contributed by atoms with Crippen LogP contribution in [0.15, 0.2) is 34.9 Å². The van der Waals surface area contributed by atoms with Gasteiger partial charge in [0, 0.05) is 11.9 Å². The van der Waals surface area contributed by atoms with Crippen LogP contribution < -0.4 is 11.1 Å². The monoisotopic (exact) mass is 308 g/mol. The van der Waals surface area contributed by atoms with E-state index >= 15 is 0 Å². The highest BCUT2D eigenvalue weighted by Crippen LogP contribution is 2.16. The van der Waals surface area contributed by atoms with Crippen LogP contribution in [0.2, 0.25) is 0 Å². The van der Waals surface area contributed by atoms with Crippen molar-refractivity contribution < 1.29 is 4.79 Å². The van der Waals surface area contributed by atoms with Crippen molar-refractivity contribution in [3.05, 3.63) is 40.5 Å². The Morgan fingerprint density at radius 2 is 2.11 bits per heavy atom. The maximum atomic E-state index is 11.8. The molecule has 0 saturated heterocycles. The molecule has 0 unspecified atom stereocenters. The summed E-state index contributed by atoms with van der Waals surface area (Å²) in [6.07, 6.45) is 1.67. The number of carbonyl (C=O) groups is 1. The largest absolute Gasteiger partial charge is 0.381 e. The van der Waals surface area contributed by atoms with Crippen molar-refractivity contribution in [2.75, 3.05) is 11.1 Å². The molecule has 2 aromatic rings. The first-order valence-electron chi connectivity index (χ1n) is 5.39. The SMILES string of the molecule is Cc1ccc(NC(=O)Cn2cc(Br)c(N)n2)cc1. The molecule has 0 aliphatic carbocycles. The number of hydrogen-bond acceptors (Lipinski definition) is 3. The molecule has 0 aliphatic rings. The zero-order valence-corrected chi connectivity index (χ0v) is 11.4. The quantitative estimate of drug-likeness (QED) is 0.912. The number of benzene rings is 1. The Labute approximate surface area is 113 Å². The molecule has 18 heavy (non-hydrogen) atoms. The summed E-state index contributed by atoms with van der Waals surface area (Å²) < 4.78 is 2.17. The van der Waals surface area contributed by atoms with E-state index in [1.807, 2.05) is 31.2 Å². The van der Waals surface area contributed by atoms with E-state index in [0.29, 0.717) is 10.3 Å². The van der Waals surface area contributed by atoms with Gasteiger partial charge in [0.15, 0.2) is 5.82 Å². The van der Waals surface area contributed by atoms with Crippen molar-refractivity contribution in [1.82, 2.24) is 9.78 Å². The minimum Gasteiger partial charge on any atom is -0.381 e. The van der Waals surface area contributed by atoms with E-state index < -0.39 is 0 Å². The lowest BCUT2D eigenvalue weighted by Gasteiger charge is -2.05. The van der Waals surface area contributed by atoms with Gasteiger partial charge in [0.05, 0.1) is 4.47 Å². The number of aryl methyl sites for hydroxylation is 1. The smallest absolute Gasteiger partial charge is 0.246 e. The second kappa shape index (κ2) is 5.22. The first kappa shape index (κ1) is 12.6. The highest BCUT2D eigenvalue weighted by Gasteiger charge is 2.07. The summed E-state index contributed by atoms with van der Waals surface area (Å²) in [7, 11) is 0. The van der Waals surface area contributed by atoms with Crippen molar-refractivity contribution in [1.29, 1.82) is 0 Å². The zero-order valence-electron chi connectivity index (χ0n) is 9.85. The predicted octanol–water partition coefficient (Wildman–Crippen LogP) is 2.17. The topological polar surface area (TPSA) is 72.9 Å². The number of amides is 1. The summed E-state index contributed by atoms with van der Waals surface area (Å²) >= 11 is 3.24. The summed E-state index contributed by atoms with van der Waals surface area (Å²) in [4.78, 5) is 11.8. The molecule has 1 aromatic carbocycles. The Balaban J connectivity index is 1.98. The first-order valence-corrected chi connectivity index (χ1v) is 6.19. The van der Waals surface area contributed by atoms with Gasteiger partial charge in [0.25, 0.3) is 0 Å². The number of hydrogen-bond donors (Lipinski definition) is 2. The molecular formula is C12H13BrN4O. The Morgan fingerprint density at radius 3 is 2.67 bits per heavy atom. The third-order valence-electron chi connectivity index (χ3n) is 2.38. The van der Waals surface area contributed by atoms with Gasteiger partial charge in [-0.25, -0.2) is 0 Å². The van der Waals surface area contributed by atoms with Gasteiger partial charge in [0.1, 0.15) is 6.54 Å². The van der Waals surface area contributed by atoms with Gasteiger partial charge in [-0.3, -0.25) is 9.48 Å². The number of nitrogen functional groups attached to an aromatic ring is 1. The Hall–Kier alpha value is -1.82. The van der Waals surface area contributed by atoms with Crippen molar-refractivity contribution in [3.63, 3.8) is 0 Å². The van der Waals surface area contributed by atoms with Gasteiger partial charge in [-0.1, -0.05) is 17.7 Å². The molecule has 5 nitrogen and oxygen atoms in total. The number of aromatic nitrogens is 2. The van der Waals surface area contributed by atoms with Gasteiger partial charge >= 0.3 is 0 Å². The van der Waals surface area contributed by atoms with E-state index in [1.165, 1.54) is 4.68 Å². The van der Waals surface area contributed by atoms with Gasteiger partial charge < -0.3 is 11.1 Å². The van der Waals surface area contributed by atoms with Gasteiger partial charge in [0.2, 0.25) is 5.91 Å². The average molecular weight is 309 g/mol. The summed E-state index contributed by atoms with van der Waals surface area (Å²) in [5.41, 5.74) is 7.49. The maximum Gasteiger partial charge on any atom is 0.246 e. The predicted molar refractivity (Wildman–Crippen MR) is 74.1 cm³/mol. The molecule has 0 fully saturated rings. The molecule has 94 valence electrons. The Kier molecular flexibility index (Phi) is 3.66. The first-order chi connectivity index (χ1) is 8.54. The third-order valence-corrected chi connectivity index (χ3v) is 3.00. The van der Waals surface area contributed by atoms with Gasteiger partial charge in [-0.15, -0.1) is 0 Å². The zero-order chi connectivity index (χ0) is 13.1. The van der Waals surface area contributed by atoms with E-state index in [-0.39, 0.29) is 12.5 Å². The van der Waals surface area contributed by atoms with E-state index in [9.17, 15) is 4.79 Å². The van der Waals surface area contributed by atoms with Crippen LogP contribution in [-0.4, -0.2) is 15.7 Å². The lowest BCUT2D eigenvalue weighted by atomic mass is 10.2. The van der Waals surface area contributed by atoms with E-state index in [1.54, 1.807) is 6.20 Å². The van der Waals surface area contributed by atoms with Gasteiger partial charge in [-0.05, 0) is 35.0 Å². The van der Waals surface area contributed by atoms with Crippen LogP contribution in [0.25, 0.3) is 0 Å². The molecule has 1 amide bonds. The Bertz CT molecular complexity index is 542. The van der Waals surface area contributed by atoms with Gasteiger partial charge in [-0.2, -0.15) is 5.10 Å². The van der Waals surface area contributed by atoms with Crippen LogP contribution >= 0.6 is 15.9 Å². The van der Waals surface area contributed by atoms with Crippen LogP contribution in [0, 0.1) is 6.92 Å². The lowest BCUT2D eigenvalue weighted by molar-refractivity contribution is -0.116. The van der Waals surface area contributed by atoms with Crippen LogP contribution in [0.3, 0.4) is 0 Å². The van der Waals surface area contributed by atoms with Crippen LogP contribution in [-0.2, 0) is 11.3 Å². The fourth-order valence-electron chi connectivity index (χ4n) is 1.48. The third kappa shape index (κ3) is 3.10. The number of anilines is 2. The van der Waals surface area contributed by atoms with Crippen LogP contribution in [0.1, 0.15) is 5.56 Å². The molecule has 0 radical (unpaired) electrons. The summed E-state index contributed by atoms with van der Waals surface area (Å²) in [5.74, 6) is 0.229. The second-order valence-electron chi connectivity index (χ2n) is 3.97. The van der Waals surface area contributed by atoms with Crippen LogP contribution in [0.4, 0.5) is 11.5 Å². The molecule has 0 saturated carbocycles. The minimum absolute atomic E-state index is 0.129. The highest BCUT2D eigenvalue weighted by molar-refractivity contribution is 9.10. The molecule has 1 heterocycles. The van der Waals surface area contributed by atoms with Crippen molar-refractivity contribution in [3.8, 4) is 0 Å². The van der Waals surface area contributed by atoms with Crippen molar-refractivity contribution in [2.45, 2.75) is 13.5 Å². The fraction of sp³-hybridized carbons (Fsp3) is 0.167. The van der Waals surface area contributed by atoms with E-state index in [4.69, 9.17) is 5.73 Å². The molecule has 0 spiro atoms. The number of nitrogens with zero attached hydrogens (tertiary/aromatic N) is 2. The molecule has 1 aromatic heterocycles. The number of halogens is 1. The van der Waals surface area contributed by atoms with E-state index in [0.717, 1.165) is 11.3 Å². The second-order valence-corrected chi connectivity index (χ2v) is 4.83.